The van der Waals surface area contributed by atoms with E-state index in [-0.39, 0.29) is 10.9 Å². The number of hydrogen-bond acceptors (Lipinski definition) is 5. The van der Waals surface area contributed by atoms with Gasteiger partial charge in [0.15, 0.2) is 5.12 Å². The minimum atomic E-state index is -1.03. The first-order valence-corrected chi connectivity index (χ1v) is 5.50. The third-order valence-electron chi connectivity index (χ3n) is 1.86. The van der Waals surface area contributed by atoms with Crippen LogP contribution in [0.5, 0.6) is 0 Å². The van der Waals surface area contributed by atoms with Gasteiger partial charge >= 0.3 is 0 Å². The zero-order chi connectivity index (χ0) is 11.4. The molecule has 0 fully saturated rings. The minimum Gasteiger partial charge on any atom is -0.389 e. The maximum absolute atomic E-state index is 10.7. The van der Waals surface area contributed by atoms with Gasteiger partial charge in [0.1, 0.15) is 11.9 Å². The van der Waals surface area contributed by atoms with Crippen LogP contribution < -0.4 is 0 Å². The molecule has 6 heteroatoms. The number of H-pyrrole nitrogens is 1. The zero-order valence-electron chi connectivity index (χ0n) is 8.60. The Balaban J connectivity index is 2.52. The Hall–Kier alpha value is -0.850. The molecule has 0 saturated heterocycles. The van der Waals surface area contributed by atoms with E-state index in [1.165, 1.54) is 13.1 Å². The summed E-state index contributed by atoms with van der Waals surface area (Å²) in [6, 6.07) is 0. The first kappa shape index (κ1) is 12.2. The molecule has 0 bridgehead atoms. The lowest BCUT2D eigenvalue weighted by Crippen LogP contribution is -2.21. The van der Waals surface area contributed by atoms with Crippen molar-refractivity contribution in [3.63, 3.8) is 0 Å². The van der Waals surface area contributed by atoms with Crippen molar-refractivity contribution in [2.45, 2.75) is 26.1 Å². The van der Waals surface area contributed by atoms with Crippen LogP contribution in [0.1, 0.15) is 24.5 Å². The molecule has 1 rings (SSSR count). The largest absolute Gasteiger partial charge is 0.389 e. The Bertz CT molecular complexity index is 340. The Labute approximate surface area is 91.9 Å². The van der Waals surface area contributed by atoms with Crippen LogP contribution in [-0.4, -0.2) is 37.2 Å². The second-order valence-corrected chi connectivity index (χ2v) is 4.44. The minimum absolute atomic E-state index is 0.0814. The number of carbonyl (C=O) groups excluding carboxylic acids is 1. The molecule has 0 aliphatic heterocycles. The second-order valence-electron chi connectivity index (χ2n) is 3.24. The molecule has 0 amide bonds. The number of nitrogens with one attached hydrogen (secondary N) is 1. The van der Waals surface area contributed by atoms with Crippen molar-refractivity contribution in [3.8, 4) is 0 Å². The van der Waals surface area contributed by atoms with Crippen LogP contribution in [0.15, 0.2) is 6.20 Å². The first-order chi connectivity index (χ1) is 7.00. The second kappa shape index (κ2) is 5.29. The summed E-state index contributed by atoms with van der Waals surface area (Å²) in [7, 11) is 0. The number of carbonyl (C=O) groups is 1. The van der Waals surface area contributed by atoms with Gasteiger partial charge in [-0.15, -0.1) is 0 Å². The molecule has 0 aromatic carbocycles. The monoisotopic (exact) mass is 230 g/mol. The van der Waals surface area contributed by atoms with Crippen molar-refractivity contribution in [1.29, 1.82) is 0 Å². The lowest BCUT2D eigenvalue weighted by molar-refractivity contribution is -0.109. The summed E-state index contributed by atoms with van der Waals surface area (Å²) in [5.74, 6) is 0.852. The molecule has 2 atom stereocenters. The van der Waals surface area contributed by atoms with Crippen molar-refractivity contribution in [1.82, 2.24) is 9.97 Å². The average molecular weight is 230 g/mol. The standard InChI is InChI=1S/C9H14N2O3S/c1-5-10-3-7(11-5)9(14)8(13)4-15-6(2)12/h3,8-9,13-14H,4H2,1-2H3,(H,10,11). The number of aliphatic hydroxyl groups excluding tert-OH is 2. The highest BCUT2D eigenvalue weighted by Crippen LogP contribution is 2.18. The molecule has 0 aliphatic rings. The molecule has 3 N–H and O–H groups in total. The number of hydrogen-bond donors (Lipinski definition) is 3. The lowest BCUT2D eigenvalue weighted by Gasteiger charge is -2.15. The molecule has 0 aliphatic carbocycles. The topological polar surface area (TPSA) is 86.2 Å². The molecule has 84 valence electrons. The Morgan fingerprint density at radius 1 is 1.67 bits per heavy atom. The molecule has 15 heavy (non-hydrogen) atoms. The van der Waals surface area contributed by atoms with Gasteiger partial charge in [-0.25, -0.2) is 4.98 Å². The van der Waals surface area contributed by atoms with Crippen LogP contribution in [0.2, 0.25) is 0 Å². The number of nitrogens with zero attached hydrogens (tertiary/aromatic N) is 1. The normalized spacial score (nSPS) is 14.9. The summed E-state index contributed by atoms with van der Waals surface area (Å²) in [4.78, 5) is 17.4. The van der Waals surface area contributed by atoms with Crippen LogP contribution in [0.25, 0.3) is 0 Å². The summed E-state index contributed by atoms with van der Waals surface area (Å²) in [6.45, 7) is 3.18. The van der Waals surface area contributed by atoms with Gasteiger partial charge in [0.2, 0.25) is 0 Å². The summed E-state index contributed by atoms with van der Waals surface area (Å²) < 4.78 is 0. The van der Waals surface area contributed by atoms with E-state index in [4.69, 9.17) is 0 Å². The van der Waals surface area contributed by atoms with Gasteiger partial charge in [-0.2, -0.15) is 0 Å². The Kier molecular flexibility index (Phi) is 4.31. The number of aryl methyl sites for hydroxylation is 1. The number of aromatic nitrogens is 2. The SMILES string of the molecule is CC(=O)SCC(O)C(O)c1cnc(C)[nH]1. The van der Waals surface area contributed by atoms with Crippen LogP contribution in [0, 0.1) is 6.92 Å². The van der Waals surface area contributed by atoms with Gasteiger partial charge in [0.05, 0.1) is 18.0 Å². The van der Waals surface area contributed by atoms with Gasteiger partial charge in [-0.1, -0.05) is 11.8 Å². The smallest absolute Gasteiger partial charge is 0.185 e. The molecule has 1 aromatic heterocycles. The predicted molar refractivity (Wildman–Crippen MR) is 57.4 cm³/mol. The van der Waals surface area contributed by atoms with Crippen LogP contribution in [-0.2, 0) is 4.79 Å². The highest BCUT2D eigenvalue weighted by atomic mass is 32.2. The molecule has 0 saturated carbocycles. The quantitative estimate of drug-likeness (QED) is 0.696. The molecule has 2 unspecified atom stereocenters. The van der Waals surface area contributed by atoms with Crippen molar-refractivity contribution in [2.75, 3.05) is 5.75 Å². The van der Waals surface area contributed by atoms with Crippen LogP contribution in [0.4, 0.5) is 0 Å². The van der Waals surface area contributed by atoms with E-state index < -0.39 is 12.2 Å². The number of rotatable bonds is 4. The van der Waals surface area contributed by atoms with Gasteiger partial charge in [-0.05, 0) is 6.92 Å². The van der Waals surface area contributed by atoms with E-state index in [1.54, 1.807) is 6.92 Å². The summed E-state index contributed by atoms with van der Waals surface area (Å²) in [6.07, 6.45) is -0.529. The molecule has 0 spiro atoms. The molecular formula is C9H14N2O3S. The summed E-state index contributed by atoms with van der Waals surface area (Å²) >= 11 is 0.986. The van der Waals surface area contributed by atoms with Gasteiger partial charge < -0.3 is 15.2 Å². The van der Waals surface area contributed by atoms with Crippen molar-refractivity contribution in [3.05, 3.63) is 17.7 Å². The third kappa shape index (κ3) is 3.65. The highest BCUT2D eigenvalue weighted by Gasteiger charge is 2.20. The van der Waals surface area contributed by atoms with Crippen LogP contribution >= 0.6 is 11.8 Å². The average Bonchev–Trinajstić information content (AvgIpc) is 2.60. The van der Waals surface area contributed by atoms with Gasteiger partial charge in [-0.3, -0.25) is 4.79 Å². The molecule has 0 radical (unpaired) electrons. The van der Waals surface area contributed by atoms with E-state index in [9.17, 15) is 15.0 Å². The number of aromatic amines is 1. The molecule has 1 aromatic rings. The summed E-state index contributed by atoms with van der Waals surface area (Å²) in [5, 5.41) is 19.1. The van der Waals surface area contributed by atoms with Crippen molar-refractivity contribution >= 4 is 16.9 Å². The van der Waals surface area contributed by atoms with Gasteiger partial charge in [0.25, 0.3) is 0 Å². The fourth-order valence-corrected chi connectivity index (χ4v) is 1.68. The van der Waals surface area contributed by atoms with E-state index in [2.05, 4.69) is 9.97 Å². The predicted octanol–water partition coefficient (Wildman–Crippen LogP) is 0.392. The van der Waals surface area contributed by atoms with E-state index in [0.717, 1.165) is 11.8 Å². The number of imidazole rings is 1. The van der Waals surface area contributed by atoms with E-state index in [1.807, 2.05) is 0 Å². The fraction of sp³-hybridized carbons (Fsp3) is 0.556. The van der Waals surface area contributed by atoms with Crippen LogP contribution in [0.3, 0.4) is 0 Å². The number of aliphatic hydroxyl groups is 2. The summed E-state index contributed by atoms with van der Waals surface area (Å²) in [5.41, 5.74) is 0.462. The maximum Gasteiger partial charge on any atom is 0.185 e. The third-order valence-corrected chi connectivity index (χ3v) is 2.78. The highest BCUT2D eigenvalue weighted by molar-refractivity contribution is 8.13. The van der Waals surface area contributed by atoms with E-state index in [0.29, 0.717) is 11.5 Å². The lowest BCUT2D eigenvalue weighted by atomic mass is 10.2. The first-order valence-electron chi connectivity index (χ1n) is 4.51. The van der Waals surface area contributed by atoms with E-state index >= 15 is 0 Å². The van der Waals surface area contributed by atoms with Gasteiger partial charge in [0, 0.05) is 12.7 Å². The number of thioether (sulfide) groups is 1. The van der Waals surface area contributed by atoms with Crippen molar-refractivity contribution in [2.24, 2.45) is 0 Å². The van der Waals surface area contributed by atoms with Crippen molar-refractivity contribution < 1.29 is 15.0 Å². The Morgan fingerprint density at radius 3 is 2.80 bits per heavy atom. The fourth-order valence-electron chi connectivity index (χ4n) is 1.09. The Morgan fingerprint density at radius 2 is 2.33 bits per heavy atom. The molecular weight excluding hydrogens is 216 g/mol. The maximum atomic E-state index is 10.7. The molecule has 1 heterocycles. The molecule has 5 nitrogen and oxygen atoms in total. The zero-order valence-corrected chi connectivity index (χ0v) is 9.41.